The summed E-state index contributed by atoms with van der Waals surface area (Å²) in [5.74, 6) is 1.22. The predicted octanol–water partition coefficient (Wildman–Crippen LogP) is 3.93. The first-order valence-electron chi connectivity index (χ1n) is 8.85. The van der Waals surface area contributed by atoms with Gasteiger partial charge in [-0.05, 0) is 56.4 Å². The molecule has 0 unspecified atom stereocenters. The number of halogens is 1. The van der Waals surface area contributed by atoms with Crippen LogP contribution >= 0.6 is 11.6 Å². The maximum absolute atomic E-state index is 12.1. The summed E-state index contributed by atoms with van der Waals surface area (Å²) in [6.07, 6.45) is 5.24. The second kappa shape index (κ2) is 8.90. The summed E-state index contributed by atoms with van der Waals surface area (Å²) in [7, 11) is 0. The largest absolute Gasteiger partial charge is 0.484 e. The quantitative estimate of drug-likeness (QED) is 0.832. The van der Waals surface area contributed by atoms with Crippen molar-refractivity contribution >= 4 is 17.5 Å². The van der Waals surface area contributed by atoms with Gasteiger partial charge in [-0.1, -0.05) is 23.7 Å². The SMILES string of the molecule is Cc1cccc(OCC(=O)NC2CCC(Oc3ccc(Cl)cn3)CC2)c1. The van der Waals surface area contributed by atoms with Gasteiger partial charge in [0.15, 0.2) is 6.61 Å². The molecule has 3 rings (SSSR count). The van der Waals surface area contributed by atoms with E-state index in [9.17, 15) is 4.79 Å². The van der Waals surface area contributed by atoms with Crippen LogP contribution in [0.1, 0.15) is 31.2 Å². The van der Waals surface area contributed by atoms with Gasteiger partial charge in [-0.25, -0.2) is 4.98 Å². The van der Waals surface area contributed by atoms with Crippen LogP contribution in [0.3, 0.4) is 0 Å². The Bertz CT molecular complexity index is 728. The number of amides is 1. The molecular formula is C20H23ClN2O3. The first-order chi connectivity index (χ1) is 12.6. The normalized spacial score (nSPS) is 19.6. The lowest BCUT2D eigenvalue weighted by Crippen LogP contribution is -2.41. The number of pyridine rings is 1. The third-order valence-electron chi connectivity index (χ3n) is 4.39. The van der Waals surface area contributed by atoms with E-state index in [4.69, 9.17) is 21.1 Å². The summed E-state index contributed by atoms with van der Waals surface area (Å²) in [6.45, 7) is 2.03. The van der Waals surface area contributed by atoms with Crippen LogP contribution in [-0.4, -0.2) is 29.6 Å². The highest BCUT2D eigenvalue weighted by Gasteiger charge is 2.24. The lowest BCUT2D eigenvalue weighted by Gasteiger charge is -2.29. The van der Waals surface area contributed by atoms with Gasteiger partial charge in [0.05, 0.1) is 5.02 Å². The van der Waals surface area contributed by atoms with Gasteiger partial charge in [0.25, 0.3) is 5.91 Å². The van der Waals surface area contributed by atoms with Gasteiger partial charge in [-0.2, -0.15) is 0 Å². The Morgan fingerprint density at radius 3 is 2.73 bits per heavy atom. The fraction of sp³-hybridized carbons (Fsp3) is 0.400. The van der Waals surface area contributed by atoms with Crippen LogP contribution in [0.25, 0.3) is 0 Å². The summed E-state index contributed by atoms with van der Waals surface area (Å²) < 4.78 is 11.4. The molecule has 0 saturated heterocycles. The molecule has 5 nitrogen and oxygen atoms in total. The molecule has 1 amide bonds. The van der Waals surface area contributed by atoms with Crippen molar-refractivity contribution in [3.05, 3.63) is 53.2 Å². The Morgan fingerprint density at radius 1 is 1.23 bits per heavy atom. The monoisotopic (exact) mass is 374 g/mol. The molecule has 26 heavy (non-hydrogen) atoms. The van der Waals surface area contributed by atoms with Crippen LogP contribution in [0, 0.1) is 6.92 Å². The van der Waals surface area contributed by atoms with Crippen LogP contribution in [0.4, 0.5) is 0 Å². The van der Waals surface area contributed by atoms with Crippen molar-refractivity contribution in [2.24, 2.45) is 0 Å². The van der Waals surface area contributed by atoms with Crippen LogP contribution in [0.5, 0.6) is 11.6 Å². The van der Waals surface area contributed by atoms with E-state index in [0.29, 0.717) is 16.7 Å². The van der Waals surface area contributed by atoms with Crippen LogP contribution in [0.15, 0.2) is 42.6 Å². The van der Waals surface area contributed by atoms with Crippen molar-refractivity contribution in [1.82, 2.24) is 10.3 Å². The molecule has 1 aliphatic rings. The van der Waals surface area contributed by atoms with Gasteiger partial charge in [-0.3, -0.25) is 4.79 Å². The zero-order valence-electron chi connectivity index (χ0n) is 14.8. The molecule has 0 bridgehead atoms. The van der Waals surface area contributed by atoms with Crippen LogP contribution in [-0.2, 0) is 4.79 Å². The van der Waals surface area contributed by atoms with Gasteiger partial charge in [0.1, 0.15) is 11.9 Å². The lowest BCUT2D eigenvalue weighted by atomic mass is 9.93. The van der Waals surface area contributed by atoms with Crippen molar-refractivity contribution in [3.63, 3.8) is 0 Å². The van der Waals surface area contributed by atoms with Crippen LogP contribution < -0.4 is 14.8 Å². The summed E-state index contributed by atoms with van der Waals surface area (Å²) in [5.41, 5.74) is 1.11. The number of carbonyl (C=O) groups is 1. The number of hydrogen-bond donors (Lipinski definition) is 1. The zero-order chi connectivity index (χ0) is 18.4. The fourth-order valence-electron chi connectivity index (χ4n) is 3.05. The second-order valence-corrected chi connectivity index (χ2v) is 7.02. The second-order valence-electron chi connectivity index (χ2n) is 6.58. The smallest absolute Gasteiger partial charge is 0.258 e. The first-order valence-corrected chi connectivity index (χ1v) is 9.23. The topological polar surface area (TPSA) is 60.5 Å². The highest BCUT2D eigenvalue weighted by Crippen LogP contribution is 2.23. The summed E-state index contributed by atoms with van der Waals surface area (Å²) in [4.78, 5) is 16.2. The summed E-state index contributed by atoms with van der Waals surface area (Å²) in [6, 6.07) is 11.4. The first kappa shape index (κ1) is 18.5. The summed E-state index contributed by atoms with van der Waals surface area (Å²) in [5, 5.41) is 3.64. The minimum Gasteiger partial charge on any atom is -0.484 e. The third-order valence-corrected chi connectivity index (χ3v) is 4.61. The van der Waals surface area contributed by atoms with E-state index in [1.807, 2.05) is 31.2 Å². The molecular weight excluding hydrogens is 352 g/mol. The molecule has 0 radical (unpaired) electrons. The Kier molecular flexibility index (Phi) is 6.34. The maximum Gasteiger partial charge on any atom is 0.258 e. The molecule has 1 saturated carbocycles. The van der Waals surface area contributed by atoms with Crippen molar-refractivity contribution < 1.29 is 14.3 Å². The molecule has 1 aliphatic carbocycles. The van der Waals surface area contributed by atoms with E-state index < -0.39 is 0 Å². The minimum absolute atomic E-state index is 0.0363. The summed E-state index contributed by atoms with van der Waals surface area (Å²) >= 11 is 5.83. The Labute approximate surface area is 158 Å². The number of benzene rings is 1. The third kappa shape index (κ3) is 5.63. The van der Waals surface area contributed by atoms with Gasteiger partial charge in [0.2, 0.25) is 5.88 Å². The lowest BCUT2D eigenvalue weighted by molar-refractivity contribution is -0.124. The van der Waals surface area contributed by atoms with Gasteiger partial charge >= 0.3 is 0 Å². The number of nitrogens with zero attached hydrogens (tertiary/aromatic N) is 1. The fourth-order valence-corrected chi connectivity index (χ4v) is 3.16. The minimum atomic E-state index is -0.0877. The number of rotatable bonds is 6. The molecule has 1 aromatic heterocycles. The molecule has 1 N–H and O–H groups in total. The molecule has 1 fully saturated rings. The molecule has 2 aromatic rings. The van der Waals surface area contributed by atoms with E-state index >= 15 is 0 Å². The number of ether oxygens (including phenoxy) is 2. The molecule has 0 atom stereocenters. The Morgan fingerprint density at radius 2 is 2.04 bits per heavy atom. The average molecular weight is 375 g/mol. The standard InChI is InChI=1S/C20H23ClN2O3/c1-14-3-2-4-18(11-14)25-13-19(24)23-16-6-8-17(9-7-16)26-20-10-5-15(21)12-22-20/h2-5,10-12,16-17H,6-9,13H2,1H3,(H,23,24). The highest BCUT2D eigenvalue weighted by molar-refractivity contribution is 6.30. The van der Waals surface area contributed by atoms with Crippen LogP contribution in [0.2, 0.25) is 5.02 Å². The number of nitrogens with one attached hydrogen (secondary N) is 1. The average Bonchev–Trinajstić information content (AvgIpc) is 2.64. The highest BCUT2D eigenvalue weighted by atomic mass is 35.5. The number of carbonyl (C=O) groups excluding carboxylic acids is 1. The van der Waals surface area contributed by atoms with Gasteiger partial charge in [0, 0.05) is 18.3 Å². The van der Waals surface area contributed by atoms with Crippen molar-refractivity contribution in [2.75, 3.05) is 6.61 Å². The molecule has 138 valence electrons. The van der Waals surface area contributed by atoms with E-state index in [1.54, 1.807) is 18.3 Å². The Balaban J connectivity index is 1.38. The number of aryl methyl sites for hydroxylation is 1. The van der Waals surface area contributed by atoms with E-state index in [-0.39, 0.29) is 24.7 Å². The Hall–Kier alpha value is -2.27. The van der Waals surface area contributed by atoms with E-state index in [1.165, 1.54) is 0 Å². The van der Waals surface area contributed by atoms with Gasteiger partial charge in [-0.15, -0.1) is 0 Å². The molecule has 1 heterocycles. The van der Waals surface area contributed by atoms with E-state index in [0.717, 1.165) is 31.2 Å². The zero-order valence-corrected chi connectivity index (χ0v) is 15.5. The van der Waals surface area contributed by atoms with Crippen molar-refractivity contribution in [3.8, 4) is 11.6 Å². The number of hydrogen-bond acceptors (Lipinski definition) is 4. The van der Waals surface area contributed by atoms with E-state index in [2.05, 4.69) is 10.3 Å². The van der Waals surface area contributed by atoms with Gasteiger partial charge < -0.3 is 14.8 Å². The molecule has 1 aromatic carbocycles. The number of aromatic nitrogens is 1. The molecule has 6 heteroatoms. The molecule has 0 spiro atoms. The van der Waals surface area contributed by atoms with Crippen molar-refractivity contribution in [2.45, 2.75) is 44.8 Å². The predicted molar refractivity (Wildman–Crippen MR) is 101 cm³/mol. The maximum atomic E-state index is 12.1. The molecule has 0 aliphatic heterocycles. The van der Waals surface area contributed by atoms with Crippen molar-refractivity contribution in [1.29, 1.82) is 0 Å².